The number of aromatic nitrogens is 6. The number of rotatable bonds is 6. The number of fused-ring (bicyclic) bond motifs is 1. The summed E-state index contributed by atoms with van der Waals surface area (Å²) in [6, 6.07) is -0.335. The molecule has 3 atom stereocenters. The van der Waals surface area contributed by atoms with Crippen molar-refractivity contribution in [1.29, 1.82) is 0 Å². The number of hydrogen-bond acceptors (Lipinski definition) is 8. The highest BCUT2D eigenvalue weighted by Crippen LogP contribution is 2.36. The molecule has 0 aromatic carbocycles. The van der Waals surface area contributed by atoms with Gasteiger partial charge in [0.2, 0.25) is 5.91 Å². The van der Waals surface area contributed by atoms with E-state index in [1.54, 1.807) is 12.4 Å². The third-order valence-corrected chi connectivity index (χ3v) is 6.27. The molecule has 1 aliphatic carbocycles. The second-order valence-electron chi connectivity index (χ2n) is 9.05. The van der Waals surface area contributed by atoms with Gasteiger partial charge in [0.15, 0.2) is 17.0 Å². The molecule has 0 radical (unpaired) electrons. The van der Waals surface area contributed by atoms with Gasteiger partial charge in [-0.25, -0.2) is 24.9 Å². The molecule has 10 nitrogen and oxygen atoms in total. The van der Waals surface area contributed by atoms with Crippen LogP contribution in [0.15, 0.2) is 18.7 Å². The molecule has 0 bridgehead atoms. The number of nitrogens with zero attached hydrogens (tertiary/aromatic N) is 7. The van der Waals surface area contributed by atoms with Crippen molar-refractivity contribution in [2.75, 3.05) is 18.4 Å². The maximum Gasteiger partial charge on any atom is 0.245 e. The number of carbonyl (C=O) groups excluding carboxylic acids is 1. The van der Waals surface area contributed by atoms with E-state index in [1.165, 1.54) is 6.33 Å². The Labute approximate surface area is 192 Å². The van der Waals surface area contributed by atoms with Gasteiger partial charge >= 0.3 is 0 Å². The van der Waals surface area contributed by atoms with Gasteiger partial charge in [0.25, 0.3) is 0 Å². The van der Waals surface area contributed by atoms with Crippen molar-refractivity contribution in [3.05, 3.63) is 24.5 Å². The van der Waals surface area contributed by atoms with Crippen LogP contribution in [0, 0.1) is 12.8 Å². The van der Waals surface area contributed by atoms with E-state index in [0.717, 1.165) is 29.9 Å². The van der Waals surface area contributed by atoms with E-state index in [0.29, 0.717) is 42.7 Å². The summed E-state index contributed by atoms with van der Waals surface area (Å²) in [5.41, 5.74) is 2.19. The summed E-state index contributed by atoms with van der Waals surface area (Å²) < 4.78 is 7.84. The van der Waals surface area contributed by atoms with Crippen LogP contribution in [0.2, 0.25) is 0 Å². The minimum absolute atomic E-state index is 0.0304. The van der Waals surface area contributed by atoms with E-state index in [9.17, 15) is 4.79 Å². The summed E-state index contributed by atoms with van der Waals surface area (Å²) in [7, 11) is 0. The average molecular weight is 451 g/mol. The van der Waals surface area contributed by atoms with Gasteiger partial charge in [0.05, 0.1) is 17.8 Å². The summed E-state index contributed by atoms with van der Waals surface area (Å²) in [5.74, 6) is 2.43. The van der Waals surface area contributed by atoms with Crippen LogP contribution in [-0.2, 0) is 16.1 Å². The molecule has 2 aliphatic rings. The Morgan fingerprint density at radius 1 is 1.15 bits per heavy atom. The van der Waals surface area contributed by atoms with Crippen LogP contribution in [0.4, 0.5) is 5.82 Å². The largest absolute Gasteiger partial charge is 0.372 e. The second-order valence-corrected chi connectivity index (χ2v) is 9.05. The maximum atomic E-state index is 13.5. The highest BCUT2D eigenvalue weighted by Gasteiger charge is 2.40. The predicted molar refractivity (Wildman–Crippen MR) is 123 cm³/mol. The van der Waals surface area contributed by atoms with Crippen molar-refractivity contribution in [1.82, 2.24) is 34.4 Å². The molecule has 1 N–H and O–H groups in total. The van der Waals surface area contributed by atoms with Crippen LogP contribution >= 0.6 is 0 Å². The fourth-order valence-corrected chi connectivity index (χ4v) is 4.58. The molecule has 1 aliphatic heterocycles. The Bertz CT molecular complexity index is 1150. The highest BCUT2D eigenvalue weighted by molar-refractivity contribution is 5.91. The Balaban J connectivity index is 1.48. The zero-order valence-corrected chi connectivity index (χ0v) is 19.5. The Morgan fingerprint density at radius 2 is 1.85 bits per heavy atom. The van der Waals surface area contributed by atoms with Crippen molar-refractivity contribution in [2.45, 2.75) is 65.3 Å². The van der Waals surface area contributed by atoms with E-state index in [1.807, 2.05) is 37.2 Å². The number of nitrogens with one attached hydrogen (secondary N) is 1. The Morgan fingerprint density at radius 3 is 2.48 bits per heavy atom. The Kier molecular flexibility index (Phi) is 5.69. The minimum atomic E-state index is -0.335. The standard InChI is InChI=1S/C23H30N8O2/c1-5-31-21(17-8-24-15(4)25-9-17)29-19-20(26-12-27-22(19)31)28-18(16-6-7-16)23(32)30-10-13(2)33-14(3)11-30/h8-9,12-14,16,18H,5-7,10-11H2,1-4H3,(H,26,27,28)/t13?,14?,18-/m1/s1. The number of carbonyl (C=O) groups is 1. The second kappa shape index (κ2) is 8.66. The first-order chi connectivity index (χ1) is 15.9. The topological polar surface area (TPSA) is 111 Å². The zero-order valence-electron chi connectivity index (χ0n) is 19.5. The molecule has 2 fully saturated rings. The first kappa shape index (κ1) is 21.7. The van der Waals surface area contributed by atoms with Gasteiger partial charge in [-0.15, -0.1) is 0 Å². The van der Waals surface area contributed by atoms with Gasteiger partial charge in [-0.3, -0.25) is 4.79 Å². The quantitative estimate of drug-likeness (QED) is 0.610. The normalized spacial score (nSPS) is 21.9. The van der Waals surface area contributed by atoms with Crippen molar-refractivity contribution in [3.63, 3.8) is 0 Å². The van der Waals surface area contributed by atoms with Crippen molar-refractivity contribution < 1.29 is 9.53 Å². The summed E-state index contributed by atoms with van der Waals surface area (Å²) in [4.78, 5) is 37.9. The van der Waals surface area contributed by atoms with E-state index >= 15 is 0 Å². The number of imidazole rings is 1. The van der Waals surface area contributed by atoms with Crippen molar-refractivity contribution >= 4 is 22.9 Å². The highest BCUT2D eigenvalue weighted by atomic mass is 16.5. The molecule has 1 saturated heterocycles. The molecule has 0 spiro atoms. The van der Waals surface area contributed by atoms with Crippen LogP contribution in [-0.4, -0.2) is 71.6 Å². The molecular formula is C23H30N8O2. The van der Waals surface area contributed by atoms with E-state index in [-0.39, 0.29) is 24.2 Å². The smallest absolute Gasteiger partial charge is 0.245 e. The summed E-state index contributed by atoms with van der Waals surface area (Å²) in [5, 5.41) is 3.45. The summed E-state index contributed by atoms with van der Waals surface area (Å²) >= 11 is 0. The van der Waals surface area contributed by atoms with E-state index < -0.39 is 0 Å². The number of ether oxygens (including phenoxy) is 1. The van der Waals surface area contributed by atoms with Crippen LogP contribution in [0.25, 0.3) is 22.6 Å². The fourth-order valence-electron chi connectivity index (χ4n) is 4.58. The van der Waals surface area contributed by atoms with Gasteiger partial charge in [0.1, 0.15) is 24.0 Å². The number of aryl methyl sites for hydroxylation is 2. The van der Waals surface area contributed by atoms with Gasteiger partial charge < -0.3 is 19.5 Å². The molecule has 10 heteroatoms. The van der Waals surface area contributed by atoms with Crippen LogP contribution in [0.3, 0.4) is 0 Å². The molecule has 1 amide bonds. The first-order valence-electron chi connectivity index (χ1n) is 11.7. The monoisotopic (exact) mass is 450 g/mol. The fraction of sp³-hybridized carbons (Fsp3) is 0.565. The van der Waals surface area contributed by atoms with Gasteiger partial charge in [0, 0.05) is 32.0 Å². The van der Waals surface area contributed by atoms with Gasteiger partial charge in [-0.05, 0) is 46.5 Å². The lowest BCUT2D eigenvalue weighted by atomic mass is 10.1. The summed E-state index contributed by atoms with van der Waals surface area (Å²) in [6.45, 7) is 9.82. The molecule has 3 aromatic rings. The van der Waals surface area contributed by atoms with Crippen LogP contribution in [0.5, 0.6) is 0 Å². The summed E-state index contributed by atoms with van der Waals surface area (Å²) in [6.07, 6.45) is 7.19. The molecule has 33 heavy (non-hydrogen) atoms. The van der Waals surface area contributed by atoms with Gasteiger partial charge in [-0.1, -0.05) is 0 Å². The Hall–Kier alpha value is -3.14. The maximum absolute atomic E-state index is 13.5. The SMILES string of the molecule is CCn1c(-c2cnc(C)nc2)nc2c(N[C@@H](C(=O)N3CC(C)OC(C)C3)C3CC3)ncnc21. The third kappa shape index (κ3) is 4.27. The van der Waals surface area contributed by atoms with Gasteiger partial charge in [-0.2, -0.15) is 0 Å². The number of morpholine rings is 1. The van der Waals surface area contributed by atoms with Crippen molar-refractivity contribution in [2.24, 2.45) is 5.92 Å². The molecule has 4 heterocycles. The van der Waals surface area contributed by atoms with Crippen LogP contribution < -0.4 is 5.32 Å². The van der Waals surface area contributed by atoms with E-state index in [4.69, 9.17) is 9.72 Å². The lowest BCUT2D eigenvalue weighted by Crippen LogP contribution is -2.53. The van der Waals surface area contributed by atoms with Crippen LogP contribution in [0.1, 0.15) is 39.4 Å². The third-order valence-electron chi connectivity index (χ3n) is 6.27. The number of hydrogen-bond donors (Lipinski definition) is 1. The molecular weight excluding hydrogens is 420 g/mol. The predicted octanol–water partition coefficient (Wildman–Crippen LogP) is 2.44. The molecule has 1 saturated carbocycles. The molecule has 5 rings (SSSR count). The zero-order chi connectivity index (χ0) is 23.1. The van der Waals surface area contributed by atoms with Crippen molar-refractivity contribution in [3.8, 4) is 11.4 Å². The number of anilines is 1. The number of amides is 1. The van der Waals surface area contributed by atoms with E-state index in [2.05, 4.69) is 25.3 Å². The first-order valence-corrected chi connectivity index (χ1v) is 11.7. The minimum Gasteiger partial charge on any atom is -0.372 e. The molecule has 3 aromatic heterocycles. The lowest BCUT2D eigenvalue weighted by Gasteiger charge is -2.37. The molecule has 174 valence electrons. The average Bonchev–Trinajstić information content (AvgIpc) is 3.56. The molecule has 2 unspecified atom stereocenters. The lowest BCUT2D eigenvalue weighted by molar-refractivity contribution is -0.144.